The molecule has 0 fully saturated rings. The minimum absolute atomic E-state index is 0.527. The lowest BCUT2D eigenvalue weighted by Gasteiger charge is -2.10. The number of fused-ring (bicyclic) bond motifs is 1. The van der Waals surface area contributed by atoms with Crippen molar-refractivity contribution in [2.45, 2.75) is 40.0 Å². The average molecular weight is 245 g/mol. The minimum atomic E-state index is 0.527. The maximum absolute atomic E-state index is 5.33. The third-order valence-electron chi connectivity index (χ3n) is 3.32. The predicted molar refractivity (Wildman–Crippen MR) is 77.5 cm³/mol. The van der Waals surface area contributed by atoms with Crippen LogP contribution in [0.4, 0.5) is 0 Å². The van der Waals surface area contributed by atoms with Gasteiger partial charge in [0.15, 0.2) is 0 Å². The van der Waals surface area contributed by atoms with E-state index in [1.165, 1.54) is 22.2 Å². The van der Waals surface area contributed by atoms with E-state index in [1.54, 1.807) is 7.11 Å². The summed E-state index contributed by atoms with van der Waals surface area (Å²) < 4.78 is 5.33. The fourth-order valence-electron chi connectivity index (χ4n) is 2.60. The number of methoxy groups -OCH3 is 1. The Morgan fingerprint density at radius 2 is 1.89 bits per heavy atom. The molecule has 0 aliphatic carbocycles. The second-order valence-electron chi connectivity index (χ2n) is 5.68. The molecule has 0 saturated heterocycles. The molecule has 2 aromatic rings. The number of H-pyrrole nitrogens is 1. The largest absolute Gasteiger partial charge is 0.497 e. The van der Waals surface area contributed by atoms with Gasteiger partial charge in [0, 0.05) is 16.6 Å². The van der Waals surface area contributed by atoms with Gasteiger partial charge in [-0.25, -0.2) is 0 Å². The topological polar surface area (TPSA) is 25.0 Å². The van der Waals surface area contributed by atoms with Crippen molar-refractivity contribution in [3.8, 4) is 5.75 Å². The van der Waals surface area contributed by atoms with Crippen molar-refractivity contribution in [1.29, 1.82) is 0 Å². The van der Waals surface area contributed by atoms with Crippen LogP contribution >= 0.6 is 0 Å². The van der Waals surface area contributed by atoms with Crippen LogP contribution in [0.2, 0.25) is 0 Å². The molecule has 0 spiro atoms. The molecule has 1 heterocycles. The van der Waals surface area contributed by atoms with Gasteiger partial charge in [-0.2, -0.15) is 0 Å². The molecular formula is C16H23NO. The van der Waals surface area contributed by atoms with Gasteiger partial charge in [0.2, 0.25) is 0 Å². The molecule has 0 atom stereocenters. The molecule has 2 rings (SSSR count). The molecule has 1 aromatic heterocycles. The van der Waals surface area contributed by atoms with Crippen LogP contribution in [-0.2, 0) is 6.42 Å². The Labute approximate surface area is 109 Å². The van der Waals surface area contributed by atoms with Crippen molar-refractivity contribution >= 4 is 10.9 Å². The van der Waals surface area contributed by atoms with Crippen molar-refractivity contribution in [1.82, 2.24) is 4.98 Å². The molecule has 0 bridgehead atoms. The van der Waals surface area contributed by atoms with Crippen LogP contribution in [0.1, 0.15) is 44.9 Å². The molecule has 0 unspecified atom stereocenters. The van der Waals surface area contributed by atoms with Gasteiger partial charge >= 0.3 is 0 Å². The highest BCUT2D eigenvalue weighted by molar-refractivity contribution is 5.86. The van der Waals surface area contributed by atoms with E-state index in [0.717, 1.165) is 12.2 Å². The van der Waals surface area contributed by atoms with E-state index in [4.69, 9.17) is 4.74 Å². The molecular weight excluding hydrogens is 222 g/mol. The summed E-state index contributed by atoms with van der Waals surface area (Å²) in [6, 6.07) is 6.27. The second-order valence-corrected chi connectivity index (χ2v) is 5.68. The van der Waals surface area contributed by atoms with Crippen molar-refractivity contribution in [3.63, 3.8) is 0 Å². The van der Waals surface area contributed by atoms with Gasteiger partial charge in [-0.1, -0.05) is 27.7 Å². The van der Waals surface area contributed by atoms with Gasteiger partial charge in [-0.15, -0.1) is 0 Å². The zero-order valence-corrected chi connectivity index (χ0v) is 12.0. The number of rotatable bonds is 4. The first-order valence-corrected chi connectivity index (χ1v) is 6.71. The molecule has 0 amide bonds. The summed E-state index contributed by atoms with van der Waals surface area (Å²) in [5.74, 6) is 2.12. The van der Waals surface area contributed by atoms with E-state index in [2.05, 4.69) is 44.8 Å². The standard InChI is InChI=1S/C16H23NO/c1-10(2)8-15-16(11(3)4)13-9-12(18-5)6-7-14(13)17-15/h6-7,9-11,17H,8H2,1-5H3. The van der Waals surface area contributed by atoms with Crippen LogP contribution in [0.3, 0.4) is 0 Å². The Hall–Kier alpha value is -1.44. The van der Waals surface area contributed by atoms with Gasteiger partial charge < -0.3 is 9.72 Å². The highest BCUT2D eigenvalue weighted by Gasteiger charge is 2.15. The number of aromatic nitrogens is 1. The Balaban J connectivity index is 2.60. The average Bonchev–Trinajstić information content (AvgIpc) is 2.64. The van der Waals surface area contributed by atoms with E-state index >= 15 is 0 Å². The SMILES string of the molecule is COc1ccc2[nH]c(CC(C)C)c(C(C)C)c2c1. The fraction of sp³-hybridized carbons (Fsp3) is 0.500. The molecule has 2 heteroatoms. The molecule has 2 nitrogen and oxygen atoms in total. The van der Waals surface area contributed by atoms with Gasteiger partial charge in [0.25, 0.3) is 0 Å². The summed E-state index contributed by atoms with van der Waals surface area (Å²) in [5, 5.41) is 1.31. The van der Waals surface area contributed by atoms with Crippen LogP contribution < -0.4 is 4.74 Å². The Bertz CT molecular complexity index is 537. The maximum Gasteiger partial charge on any atom is 0.119 e. The van der Waals surface area contributed by atoms with E-state index in [1.807, 2.05) is 6.07 Å². The lowest BCUT2D eigenvalue weighted by atomic mass is 9.95. The lowest BCUT2D eigenvalue weighted by Crippen LogP contribution is -1.99. The molecule has 0 radical (unpaired) electrons. The van der Waals surface area contributed by atoms with Gasteiger partial charge in [0.1, 0.15) is 5.75 Å². The van der Waals surface area contributed by atoms with Crippen molar-refractivity contribution in [2.75, 3.05) is 7.11 Å². The third kappa shape index (κ3) is 2.38. The number of hydrogen-bond donors (Lipinski definition) is 1. The highest BCUT2D eigenvalue weighted by Crippen LogP contribution is 2.32. The van der Waals surface area contributed by atoms with Crippen molar-refractivity contribution in [3.05, 3.63) is 29.5 Å². The van der Waals surface area contributed by atoms with Crippen LogP contribution in [-0.4, -0.2) is 12.1 Å². The minimum Gasteiger partial charge on any atom is -0.497 e. The second kappa shape index (κ2) is 5.05. The van der Waals surface area contributed by atoms with Crippen LogP contribution in [0.15, 0.2) is 18.2 Å². The van der Waals surface area contributed by atoms with E-state index in [9.17, 15) is 0 Å². The maximum atomic E-state index is 5.33. The molecule has 0 saturated carbocycles. The Morgan fingerprint density at radius 1 is 1.17 bits per heavy atom. The first-order valence-electron chi connectivity index (χ1n) is 6.71. The van der Waals surface area contributed by atoms with Gasteiger partial charge in [-0.3, -0.25) is 0 Å². The van der Waals surface area contributed by atoms with E-state index < -0.39 is 0 Å². The summed E-state index contributed by atoms with van der Waals surface area (Å²) in [4.78, 5) is 3.57. The van der Waals surface area contributed by atoms with Crippen molar-refractivity contribution < 1.29 is 4.74 Å². The molecule has 18 heavy (non-hydrogen) atoms. The summed E-state index contributed by atoms with van der Waals surface area (Å²) >= 11 is 0. The number of nitrogens with one attached hydrogen (secondary N) is 1. The summed E-state index contributed by atoms with van der Waals surface area (Å²) in [6.07, 6.45) is 1.10. The van der Waals surface area contributed by atoms with Gasteiger partial charge in [-0.05, 0) is 42.0 Å². The van der Waals surface area contributed by atoms with Crippen LogP contribution in [0, 0.1) is 5.92 Å². The third-order valence-corrected chi connectivity index (χ3v) is 3.32. The fourth-order valence-corrected chi connectivity index (χ4v) is 2.60. The number of ether oxygens (including phenoxy) is 1. The van der Waals surface area contributed by atoms with E-state index in [0.29, 0.717) is 11.8 Å². The highest BCUT2D eigenvalue weighted by atomic mass is 16.5. The number of benzene rings is 1. The molecule has 98 valence electrons. The normalized spacial score (nSPS) is 11.7. The summed E-state index contributed by atoms with van der Waals surface area (Å²) in [6.45, 7) is 9.03. The number of aromatic amines is 1. The van der Waals surface area contributed by atoms with Gasteiger partial charge in [0.05, 0.1) is 7.11 Å². The summed E-state index contributed by atoms with van der Waals surface area (Å²) in [7, 11) is 1.72. The predicted octanol–water partition coefficient (Wildman–Crippen LogP) is 4.50. The van der Waals surface area contributed by atoms with E-state index in [-0.39, 0.29) is 0 Å². The first kappa shape index (κ1) is 13.0. The van der Waals surface area contributed by atoms with Crippen LogP contribution in [0.5, 0.6) is 5.75 Å². The smallest absolute Gasteiger partial charge is 0.119 e. The molecule has 0 aliphatic rings. The molecule has 1 N–H and O–H groups in total. The van der Waals surface area contributed by atoms with Crippen molar-refractivity contribution in [2.24, 2.45) is 5.92 Å². The first-order chi connectivity index (χ1) is 8.52. The zero-order chi connectivity index (χ0) is 13.3. The Kier molecular flexibility index (Phi) is 3.65. The van der Waals surface area contributed by atoms with Crippen LogP contribution in [0.25, 0.3) is 10.9 Å². The Morgan fingerprint density at radius 3 is 2.44 bits per heavy atom. The lowest BCUT2D eigenvalue weighted by molar-refractivity contribution is 0.415. The summed E-state index contributed by atoms with van der Waals surface area (Å²) in [5.41, 5.74) is 4.04. The number of hydrogen-bond acceptors (Lipinski definition) is 1. The monoisotopic (exact) mass is 245 g/mol. The molecule has 1 aromatic carbocycles. The zero-order valence-electron chi connectivity index (χ0n) is 12.0. The quantitative estimate of drug-likeness (QED) is 0.843. The molecule has 0 aliphatic heterocycles.